The summed E-state index contributed by atoms with van der Waals surface area (Å²) >= 11 is 6.42. The summed E-state index contributed by atoms with van der Waals surface area (Å²) in [6.45, 7) is 4.86. The van der Waals surface area contributed by atoms with Crippen molar-refractivity contribution < 1.29 is 0 Å². The quantitative estimate of drug-likeness (QED) is 0.945. The summed E-state index contributed by atoms with van der Waals surface area (Å²) in [5.74, 6) is 1.10. The number of nitrogens with two attached hydrogens (primary N) is 1. The monoisotopic (exact) mass is 304 g/mol. The van der Waals surface area contributed by atoms with Crippen molar-refractivity contribution in [2.45, 2.75) is 38.5 Å². The second kappa shape index (κ2) is 6.18. The van der Waals surface area contributed by atoms with Crippen molar-refractivity contribution in [3.05, 3.63) is 53.1 Å². The molecule has 2 atom stereocenters. The van der Waals surface area contributed by atoms with E-state index in [4.69, 9.17) is 17.3 Å². The Morgan fingerprint density at radius 3 is 2.90 bits per heavy atom. The average Bonchev–Trinajstić information content (AvgIpc) is 2.97. The van der Waals surface area contributed by atoms with Crippen LogP contribution in [0.15, 0.2) is 36.7 Å². The molecule has 5 heteroatoms. The second-order valence-corrected chi connectivity index (χ2v) is 5.95. The van der Waals surface area contributed by atoms with Crippen LogP contribution in [0.2, 0.25) is 5.02 Å². The number of aromatic nitrogens is 2. The van der Waals surface area contributed by atoms with Crippen molar-refractivity contribution >= 4 is 11.6 Å². The Balaban J connectivity index is 1.92. The molecule has 1 aromatic carbocycles. The Morgan fingerprint density at radius 2 is 2.14 bits per heavy atom. The number of benzene rings is 1. The summed E-state index contributed by atoms with van der Waals surface area (Å²) in [7, 11) is 0. The van der Waals surface area contributed by atoms with E-state index in [0.29, 0.717) is 0 Å². The lowest BCUT2D eigenvalue weighted by Crippen LogP contribution is -2.44. The highest BCUT2D eigenvalue weighted by atomic mass is 35.5. The Labute approximate surface area is 130 Å². The van der Waals surface area contributed by atoms with Gasteiger partial charge in [0.05, 0.1) is 12.6 Å². The summed E-state index contributed by atoms with van der Waals surface area (Å²) in [6, 6.07) is 8.21. The molecule has 1 aromatic heterocycles. The van der Waals surface area contributed by atoms with Crippen LogP contribution in [0.1, 0.15) is 30.8 Å². The highest BCUT2D eigenvalue weighted by molar-refractivity contribution is 6.31. The van der Waals surface area contributed by atoms with Gasteiger partial charge in [0.2, 0.25) is 0 Å². The molecule has 1 aliphatic heterocycles. The van der Waals surface area contributed by atoms with Crippen LogP contribution in [0.5, 0.6) is 0 Å². The Bertz CT molecular complexity index is 610. The molecule has 0 saturated heterocycles. The normalized spacial score (nSPS) is 18.2. The third kappa shape index (κ3) is 2.84. The minimum Gasteiger partial charge on any atom is -0.333 e. The number of fused-ring (bicyclic) bond motifs is 1. The third-order valence-electron chi connectivity index (χ3n) is 4.27. The van der Waals surface area contributed by atoms with Gasteiger partial charge in [-0.3, -0.25) is 4.90 Å². The molecule has 1 aliphatic rings. The number of hydrogen-bond acceptors (Lipinski definition) is 3. The van der Waals surface area contributed by atoms with E-state index >= 15 is 0 Å². The summed E-state index contributed by atoms with van der Waals surface area (Å²) < 4.78 is 2.21. The van der Waals surface area contributed by atoms with Gasteiger partial charge in [-0.2, -0.15) is 0 Å². The molecule has 2 heterocycles. The van der Waals surface area contributed by atoms with Crippen LogP contribution >= 0.6 is 11.6 Å². The van der Waals surface area contributed by atoms with Crippen molar-refractivity contribution in [2.75, 3.05) is 6.54 Å². The fraction of sp³-hybridized carbons (Fsp3) is 0.438. The van der Waals surface area contributed by atoms with E-state index < -0.39 is 0 Å². The minimum atomic E-state index is 0.0615. The Morgan fingerprint density at radius 1 is 1.33 bits per heavy atom. The number of hydrogen-bond donors (Lipinski definition) is 1. The lowest BCUT2D eigenvalue weighted by molar-refractivity contribution is 0.130. The number of imidazole rings is 1. The zero-order valence-electron chi connectivity index (χ0n) is 12.2. The van der Waals surface area contributed by atoms with E-state index in [0.717, 1.165) is 42.5 Å². The molecule has 0 amide bonds. The van der Waals surface area contributed by atoms with Crippen molar-refractivity contribution in [3.8, 4) is 0 Å². The maximum absolute atomic E-state index is 6.42. The summed E-state index contributed by atoms with van der Waals surface area (Å²) in [6.07, 6.45) is 4.82. The van der Waals surface area contributed by atoms with E-state index in [-0.39, 0.29) is 12.1 Å². The van der Waals surface area contributed by atoms with E-state index in [1.54, 1.807) is 0 Å². The average molecular weight is 305 g/mol. The molecule has 2 unspecified atom stereocenters. The fourth-order valence-electron chi connectivity index (χ4n) is 3.07. The smallest absolute Gasteiger partial charge is 0.122 e. The predicted molar refractivity (Wildman–Crippen MR) is 85.1 cm³/mol. The number of nitrogens with zero attached hydrogens (tertiary/aromatic N) is 3. The van der Waals surface area contributed by atoms with Crippen LogP contribution in [-0.4, -0.2) is 27.0 Å². The van der Waals surface area contributed by atoms with Gasteiger partial charge in [0.1, 0.15) is 5.82 Å². The van der Waals surface area contributed by atoms with E-state index in [1.807, 2.05) is 30.6 Å². The molecule has 112 valence electrons. The van der Waals surface area contributed by atoms with Crippen molar-refractivity contribution in [1.82, 2.24) is 14.5 Å². The lowest BCUT2D eigenvalue weighted by Gasteiger charge is -2.38. The minimum absolute atomic E-state index is 0.0615. The van der Waals surface area contributed by atoms with E-state index in [9.17, 15) is 0 Å². The first-order chi connectivity index (χ1) is 10.2. The van der Waals surface area contributed by atoms with Crippen molar-refractivity contribution in [2.24, 2.45) is 5.73 Å². The number of halogens is 1. The predicted octanol–water partition coefficient (Wildman–Crippen LogP) is 2.83. The van der Waals surface area contributed by atoms with Gasteiger partial charge in [-0.15, -0.1) is 0 Å². The molecule has 0 spiro atoms. The highest BCUT2D eigenvalue weighted by Crippen LogP contribution is 2.32. The molecule has 21 heavy (non-hydrogen) atoms. The van der Waals surface area contributed by atoms with Crippen LogP contribution in [0.25, 0.3) is 0 Å². The molecule has 0 fully saturated rings. The molecule has 2 aromatic rings. The maximum atomic E-state index is 6.42. The SMILES string of the molecule is CCC(N)C(c1ccccc1Cl)N1CCn2ccnc2C1. The van der Waals surface area contributed by atoms with Gasteiger partial charge in [-0.1, -0.05) is 36.7 Å². The van der Waals surface area contributed by atoms with Crippen LogP contribution < -0.4 is 5.73 Å². The first kappa shape index (κ1) is 14.6. The number of rotatable bonds is 4. The van der Waals surface area contributed by atoms with Crippen LogP contribution in [0.3, 0.4) is 0 Å². The van der Waals surface area contributed by atoms with Crippen LogP contribution in [-0.2, 0) is 13.1 Å². The van der Waals surface area contributed by atoms with E-state index in [1.165, 1.54) is 0 Å². The Kier molecular flexibility index (Phi) is 4.29. The lowest BCUT2D eigenvalue weighted by atomic mass is 9.95. The summed E-state index contributed by atoms with van der Waals surface area (Å²) in [4.78, 5) is 6.84. The van der Waals surface area contributed by atoms with E-state index in [2.05, 4.69) is 27.4 Å². The second-order valence-electron chi connectivity index (χ2n) is 5.55. The molecule has 0 saturated carbocycles. The molecular weight excluding hydrogens is 284 g/mol. The molecular formula is C16H21ClN4. The van der Waals surface area contributed by atoms with Gasteiger partial charge < -0.3 is 10.3 Å². The molecule has 0 radical (unpaired) electrons. The fourth-order valence-corrected chi connectivity index (χ4v) is 3.31. The van der Waals surface area contributed by atoms with Gasteiger partial charge in [0.25, 0.3) is 0 Å². The summed E-state index contributed by atoms with van der Waals surface area (Å²) in [5, 5.41) is 0.792. The summed E-state index contributed by atoms with van der Waals surface area (Å²) in [5.41, 5.74) is 7.54. The van der Waals surface area contributed by atoms with Gasteiger partial charge >= 0.3 is 0 Å². The standard InChI is InChI=1S/C16H21ClN4/c1-2-14(18)16(12-5-3-4-6-13(12)17)21-10-9-20-8-7-19-15(20)11-21/h3-8,14,16H,2,9-11,18H2,1H3. The zero-order chi connectivity index (χ0) is 14.8. The van der Waals surface area contributed by atoms with Crippen LogP contribution in [0.4, 0.5) is 0 Å². The van der Waals surface area contributed by atoms with Crippen molar-refractivity contribution in [3.63, 3.8) is 0 Å². The largest absolute Gasteiger partial charge is 0.333 e. The Hall–Kier alpha value is -1.36. The van der Waals surface area contributed by atoms with Gasteiger partial charge in [0.15, 0.2) is 0 Å². The molecule has 4 nitrogen and oxygen atoms in total. The van der Waals surface area contributed by atoms with Gasteiger partial charge in [-0.05, 0) is 18.1 Å². The van der Waals surface area contributed by atoms with Gasteiger partial charge in [-0.25, -0.2) is 4.98 Å². The third-order valence-corrected chi connectivity index (χ3v) is 4.61. The highest BCUT2D eigenvalue weighted by Gasteiger charge is 2.30. The molecule has 0 aliphatic carbocycles. The first-order valence-electron chi connectivity index (χ1n) is 7.44. The molecule has 2 N–H and O–H groups in total. The van der Waals surface area contributed by atoms with Crippen molar-refractivity contribution in [1.29, 1.82) is 0 Å². The topological polar surface area (TPSA) is 47.1 Å². The first-order valence-corrected chi connectivity index (χ1v) is 7.82. The molecule has 0 bridgehead atoms. The molecule has 3 rings (SSSR count). The zero-order valence-corrected chi connectivity index (χ0v) is 13.0. The van der Waals surface area contributed by atoms with Gasteiger partial charge in [0, 0.05) is 36.5 Å². The van der Waals surface area contributed by atoms with Crippen LogP contribution in [0, 0.1) is 0 Å². The maximum Gasteiger partial charge on any atom is 0.122 e.